The smallest absolute Gasteiger partial charge is 0.275 e. The van der Waals surface area contributed by atoms with E-state index in [9.17, 15) is 13.2 Å². The Labute approximate surface area is 187 Å². The zero-order valence-electron chi connectivity index (χ0n) is 17.9. The zero-order chi connectivity index (χ0) is 22.6. The van der Waals surface area contributed by atoms with Gasteiger partial charge in [-0.15, -0.1) is 0 Å². The summed E-state index contributed by atoms with van der Waals surface area (Å²) < 4.78 is 34.2. The molecule has 2 aromatic carbocycles. The van der Waals surface area contributed by atoms with Crippen molar-refractivity contribution in [2.24, 2.45) is 0 Å². The first-order valence-electron chi connectivity index (χ1n) is 10.7. The number of ether oxygens (including phenoxy) is 1. The summed E-state index contributed by atoms with van der Waals surface area (Å²) in [5.41, 5.74) is 1.61. The number of sulfonamides is 1. The molecule has 8 nitrogen and oxygen atoms in total. The van der Waals surface area contributed by atoms with Gasteiger partial charge in [0.25, 0.3) is 5.91 Å². The van der Waals surface area contributed by atoms with Gasteiger partial charge in [-0.1, -0.05) is 6.42 Å². The number of carbonyl (C=O) groups excluding carboxylic acids is 1. The first-order valence-corrected chi connectivity index (χ1v) is 12.1. The van der Waals surface area contributed by atoms with Crippen LogP contribution in [0.4, 0.5) is 5.69 Å². The molecule has 0 saturated carbocycles. The highest BCUT2D eigenvalue weighted by Gasteiger charge is 2.25. The Morgan fingerprint density at radius 3 is 2.38 bits per heavy atom. The summed E-state index contributed by atoms with van der Waals surface area (Å²) in [6.45, 7) is 3.62. The molecule has 2 heterocycles. The van der Waals surface area contributed by atoms with E-state index >= 15 is 0 Å². The molecular weight excluding hydrogens is 428 g/mol. The molecule has 3 aromatic rings. The fourth-order valence-electron chi connectivity index (χ4n) is 3.62. The van der Waals surface area contributed by atoms with Crippen molar-refractivity contribution in [1.82, 2.24) is 13.9 Å². The number of hydrogen-bond acceptors (Lipinski definition) is 5. The van der Waals surface area contributed by atoms with Crippen molar-refractivity contribution in [3.63, 3.8) is 0 Å². The molecule has 0 spiro atoms. The minimum atomic E-state index is -3.48. The molecule has 1 N–H and O–H groups in total. The number of nitrogens with one attached hydrogen (secondary N) is 1. The molecule has 1 aromatic heterocycles. The largest absolute Gasteiger partial charge is 0.494 e. The molecule has 0 unspecified atom stereocenters. The first kappa shape index (κ1) is 22.0. The summed E-state index contributed by atoms with van der Waals surface area (Å²) in [7, 11) is -3.48. The van der Waals surface area contributed by atoms with E-state index in [1.54, 1.807) is 63.6 Å². The molecule has 1 saturated heterocycles. The van der Waals surface area contributed by atoms with Gasteiger partial charge in [0, 0.05) is 30.7 Å². The molecule has 0 aliphatic carbocycles. The van der Waals surface area contributed by atoms with Gasteiger partial charge in [0.15, 0.2) is 0 Å². The monoisotopic (exact) mass is 454 g/mol. The number of imidazole rings is 1. The summed E-state index contributed by atoms with van der Waals surface area (Å²) in [4.78, 5) is 17.0. The van der Waals surface area contributed by atoms with Crippen molar-refractivity contribution in [1.29, 1.82) is 0 Å². The lowest BCUT2D eigenvalue weighted by molar-refractivity contribution is 0.102. The maximum atomic E-state index is 12.8. The van der Waals surface area contributed by atoms with Gasteiger partial charge in [-0.25, -0.2) is 13.4 Å². The number of anilines is 1. The van der Waals surface area contributed by atoms with Crippen LogP contribution < -0.4 is 10.1 Å². The molecule has 168 valence electrons. The van der Waals surface area contributed by atoms with Crippen LogP contribution in [0.15, 0.2) is 66.0 Å². The number of carbonyl (C=O) groups is 1. The van der Waals surface area contributed by atoms with Gasteiger partial charge in [0.05, 0.1) is 11.5 Å². The molecule has 9 heteroatoms. The van der Waals surface area contributed by atoms with Crippen molar-refractivity contribution in [3.05, 3.63) is 66.7 Å². The lowest BCUT2D eigenvalue weighted by Gasteiger charge is -2.25. The molecular formula is C23H26N4O4S. The van der Waals surface area contributed by atoms with E-state index in [2.05, 4.69) is 10.3 Å². The van der Waals surface area contributed by atoms with Crippen LogP contribution in [0, 0.1) is 0 Å². The van der Waals surface area contributed by atoms with Crippen molar-refractivity contribution in [3.8, 4) is 11.4 Å². The average Bonchev–Trinajstić information content (AvgIpc) is 3.32. The Balaban J connectivity index is 1.44. The lowest BCUT2D eigenvalue weighted by Crippen LogP contribution is -2.35. The predicted molar refractivity (Wildman–Crippen MR) is 122 cm³/mol. The average molecular weight is 455 g/mol. The fourth-order valence-corrected chi connectivity index (χ4v) is 5.14. The van der Waals surface area contributed by atoms with E-state index in [1.165, 1.54) is 6.33 Å². The number of amides is 1. The number of piperidine rings is 1. The third kappa shape index (κ3) is 4.84. The highest BCUT2D eigenvalue weighted by atomic mass is 32.2. The fraction of sp³-hybridized carbons (Fsp3) is 0.304. The van der Waals surface area contributed by atoms with Gasteiger partial charge in [-0.3, -0.25) is 4.79 Å². The summed E-state index contributed by atoms with van der Waals surface area (Å²) in [6.07, 6.45) is 6.00. The number of rotatable bonds is 7. The minimum Gasteiger partial charge on any atom is -0.494 e. The number of nitrogens with zero attached hydrogens (tertiary/aromatic N) is 3. The quantitative estimate of drug-likeness (QED) is 0.588. The Kier molecular flexibility index (Phi) is 6.57. The molecule has 0 bridgehead atoms. The van der Waals surface area contributed by atoms with Crippen LogP contribution in [-0.4, -0.2) is 47.9 Å². The molecule has 1 amide bonds. The topological polar surface area (TPSA) is 93.5 Å². The Bertz CT molecular complexity index is 1170. The van der Waals surface area contributed by atoms with Crippen LogP contribution in [0.25, 0.3) is 5.69 Å². The van der Waals surface area contributed by atoms with Crippen LogP contribution in [0.3, 0.4) is 0 Å². The highest BCUT2D eigenvalue weighted by Crippen LogP contribution is 2.22. The van der Waals surface area contributed by atoms with E-state index in [0.29, 0.717) is 25.4 Å². The molecule has 4 rings (SSSR count). The Morgan fingerprint density at radius 2 is 1.72 bits per heavy atom. The Morgan fingerprint density at radius 1 is 1.03 bits per heavy atom. The highest BCUT2D eigenvalue weighted by molar-refractivity contribution is 7.89. The van der Waals surface area contributed by atoms with Gasteiger partial charge in [-0.05, 0) is 68.3 Å². The second-order valence-electron chi connectivity index (χ2n) is 7.54. The van der Waals surface area contributed by atoms with Crippen LogP contribution in [0.1, 0.15) is 36.7 Å². The van der Waals surface area contributed by atoms with Crippen LogP contribution >= 0.6 is 0 Å². The number of hydrogen-bond donors (Lipinski definition) is 1. The van der Waals surface area contributed by atoms with Gasteiger partial charge in [-0.2, -0.15) is 4.31 Å². The third-order valence-electron chi connectivity index (χ3n) is 5.33. The molecule has 1 aliphatic rings. The summed E-state index contributed by atoms with van der Waals surface area (Å²) in [5.74, 6) is 0.401. The SMILES string of the molecule is CCOc1ccc(NC(=O)c2cn(-c3ccc(S(=O)(=O)N4CCCCC4)cc3)cn2)cc1. The number of aromatic nitrogens is 2. The van der Waals surface area contributed by atoms with Crippen molar-refractivity contribution >= 4 is 21.6 Å². The van der Waals surface area contributed by atoms with Crippen LogP contribution in [0.5, 0.6) is 5.75 Å². The first-order chi connectivity index (χ1) is 15.5. The van der Waals surface area contributed by atoms with E-state index < -0.39 is 10.0 Å². The van der Waals surface area contributed by atoms with Crippen molar-refractivity contribution in [2.45, 2.75) is 31.1 Å². The van der Waals surface area contributed by atoms with Crippen molar-refractivity contribution < 1.29 is 17.9 Å². The van der Waals surface area contributed by atoms with Gasteiger partial charge in [0.2, 0.25) is 10.0 Å². The van der Waals surface area contributed by atoms with Gasteiger partial charge < -0.3 is 14.6 Å². The van der Waals surface area contributed by atoms with E-state index in [0.717, 1.165) is 30.7 Å². The molecule has 0 radical (unpaired) electrons. The van der Waals surface area contributed by atoms with Gasteiger partial charge >= 0.3 is 0 Å². The van der Waals surface area contributed by atoms with E-state index in [-0.39, 0.29) is 16.5 Å². The van der Waals surface area contributed by atoms with E-state index in [1.807, 2.05) is 6.92 Å². The standard InChI is InChI=1S/C23H26N4O4S/c1-2-31-20-10-6-18(7-11-20)25-23(28)22-16-26(17-24-22)19-8-12-21(13-9-19)32(29,30)27-14-4-3-5-15-27/h6-13,16-17H,2-5,14-15H2,1H3,(H,25,28). The summed E-state index contributed by atoms with van der Waals surface area (Å²) >= 11 is 0. The number of benzene rings is 2. The lowest BCUT2D eigenvalue weighted by atomic mass is 10.2. The maximum absolute atomic E-state index is 12.8. The van der Waals surface area contributed by atoms with E-state index in [4.69, 9.17) is 4.74 Å². The van der Waals surface area contributed by atoms with Crippen LogP contribution in [-0.2, 0) is 10.0 Å². The predicted octanol–water partition coefficient (Wildman–Crippen LogP) is 3.70. The van der Waals surface area contributed by atoms with Gasteiger partial charge in [0.1, 0.15) is 17.8 Å². The van der Waals surface area contributed by atoms with Crippen molar-refractivity contribution in [2.75, 3.05) is 25.0 Å². The third-order valence-corrected chi connectivity index (χ3v) is 7.24. The second kappa shape index (κ2) is 9.54. The molecule has 1 fully saturated rings. The molecule has 0 atom stereocenters. The summed E-state index contributed by atoms with van der Waals surface area (Å²) in [6, 6.07) is 13.7. The maximum Gasteiger partial charge on any atom is 0.275 e. The summed E-state index contributed by atoms with van der Waals surface area (Å²) in [5, 5.41) is 2.80. The minimum absolute atomic E-state index is 0.254. The van der Waals surface area contributed by atoms with Crippen LogP contribution in [0.2, 0.25) is 0 Å². The molecule has 32 heavy (non-hydrogen) atoms. The Hall–Kier alpha value is -3.17. The normalized spacial score (nSPS) is 14.8. The molecule has 1 aliphatic heterocycles. The second-order valence-corrected chi connectivity index (χ2v) is 9.47. The zero-order valence-corrected chi connectivity index (χ0v) is 18.7.